The summed E-state index contributed by atoms with van der Waals surface area (Å²) in [5.74, 6) is -0.516. The Bertz CT molecular complexity index is 575. The van der Waals surface area contributed by atoms with Crippen molar-refractivity contribution in [1.29, 1.82) is 0 Å². The van der Waals surface area contributed by atoms with Gasteiger partial charge in [-0.1, -0.05) is 11.6 Å². The van der Waals surface area contributed by atoms with Crippen molar-refractivity contribution in [3.63, 3.8) is 0 Å². The molecule has 0 aromatic carbocycles. The summed E-state index contributed by atoms with van der Waals surface area (Å²) in [6, 6.07) is 3.70. The Kier molecular flexibility index (Phi) is 2.90. The molecule has 0 radical (unpaired) electrons. The molecule has 2 heterocycles. The normalized spacial score (nSPS) is 10.5. The third-order valence-corrected chi connectivity index (χ3v) is 3.18. The van der Waals surface area contributed by atoms with E-state index >= 15 is 0 Å². The summed E-state index contributed by atoms with van der Waals surface area (Å²) in [7, 11) is 1.84. The zero-order valence-electron chi connectivity index (χ0n) is 9.57. The van der Waals surface area contributed by atoms with Gasteiger partial charge < -0.3 is 10.3 Å². The zero-order chi connectivity index (χ0) is 12.6. The molecule has 0 saturated carbocycles. The third kappa shape index (κ3) is 1.80. The highest BCUT2D eigenvalue weighted by Gasteiger charge is 2.21. The fraction of sp³-hybridized carbons (Fsp3) is 0.167. The van der Waals surface area contributed by atoms with Gasteiger partial charge in [-0.3, -0.25) is 9.78 Å². The van der Waals surface area contributed by atoms with Crippen molar-refractivity contribution < 1.29 is 4.79 Å². The average Bonchev–Trinajstić information content (AvgIpc) is 2.51. The van der Waals surface area contributed by atoms with Crippen LogP contribution in [0.3, 0.4) is 0 Å². The maximum atomic E-state index is 11.3. The summed E-state index contributed by atoms with van der Waals surface area (Å²) in [6.07, 6.45) is 3.38. The van der Waals surface area contributed by atoms with E-state index in [2.05, 4.69) is 4.98 Å². The average molecular weight is 250 g/mol. The molecule has 1 amide bonds. The van der Waals surface area contributed by atoms with Crippen LogP contribution in [0.4, 0.5) is 0 Å². The van der Waals surface area contributed by atoms with Crippen LogP contribution in [0, 0.1) is 6.92 Å². The maximum Gasteiger partial charge on any atom is 0.252 e. The SMILES string of the molecule is Cc1c(C(N)=O)c(Cl)c(-c2cccnc2)n1C. The summed E-state index contributed by atoms with van der Waals surface area (Å²) >= 11 is 6.21. The fourth-order valence-corrected chi connectivity index (χ4v) is 2.34. The van der Waals surface area contributed by atoms with Crippen LogP contribution in [-0.4, -0.2) is 15.5 Å². The lowest BCUT2D eigenvalue weighted by Gasteiger charge is -2.04. The number of carbonyl (C=O) groups excluding carboxylic acids is 1. The lowest BCUT2D eigenvalue weighted by molar-refractivity contribution is 0.1000. The van der Waals surface area contributed by atoms with Crippen molar-refractivity contribution in [2.75, 3.05) is 0 Å². The number of amides is 1. The molecule has 2 aromatic heterocycles. The van der Waals surface area contributed by atoms with E-state index in [-0.39, 0.29) is 0 Å². The summed E-state index contributed by atoms with van der Waals surface area (Å²) in [5.41, 5.74) is 8.06. The highest BCUT2D eigenvalue weighted by molar-refractivity contribution is 6.36. The molecule has 0 aliphatic heterocycles. The van der Waals surface area contributed by atoms with Crippen molar-refractivity contribution in [2.24, 2.45) is 12.8 Å². The highest BCUT2D eigenvalue weighted by atomic mass is 35.5. The van der Waals surface area contributed by atoms with Crippen LogP contribution >= 0.6 is 11.6 Å². The molecule has 17 heavy (non-hydrogen) atoms. The number of hydrogen-bond acceptors (Lipinski definition) is 2. The Hall–Kier alpha value is -1.81. The molecule has 0 fully saturated rings. The Balaban J connectivity index is 2.72. The molecule has 0 spiro atoms. The molecule has 2 rings (SSSR count). The van der Waals surface area contributed by atoms with Gasteiger partial charge in [0.05, 0.1) is 16.3 Å². The van der Waals surface area contributed by atoms with Gasteiger partial charge in [0.15, 0.2) is 0 Å². The monoisotopic (exact) mass is 249 g/mol. The van der Waals surface area contributed by atoms with Crippen LogP contribution in [0.2, 0.25) is 5.02 Å². The van der Waals surface area contributed by atoms with Crippen LogP contribution in [-0.2, 0) is 7.05 Å². The lowest BCUT2D eigenvalue weighted by Crippen LogP contribution is -2.12. The van der Waals surface area contributed by atoms with Gasteiger partial charge in [-0.05, 0) is 19.1 Å². The predicted molar refractivity (Wildman–Crippen MR) is 66.9 cm³/mol. The lowest BCUT2D eigenvalue weighted by atomic mass is 10.2. The van der Waals surface area contributed by atoms with E-state index in [4.69, 9.17) is 17.3 Å². The first-order chi connectivity index (χ1) is 8.04. The molecule has 0 unspecified atom stereocenters. The minimum atomic E-state index is -0.516. The van der Waals surface area contributed by atoms with Crippen LogP contribution in [0.5, 0.6) is 0 Å². The van der Waals surface area contributed by atoms with Gasteiger partial charge in [-0.25, -0.2) is 0 Å². The number of rotatable bonds is 2. The summed E-state index contributed by atoms with van der Waals surface area (Å²) in [5, 5.41) is 0.380. The number of nitrogens with zero attached hydrogens (tertiary/aromatic N) is 2. The van der Waals surface area contributed by atoms with E-state index in [1.54, 1.807) is 12.4 Å². The number of hydrogen-bond donors (Lipinski definition) is 1. The second-order valence-corrected chi connectivity index (χ2v) is 4.17. The molecule has 5 heteroatoms. The third-order valence-electron chi connectivity index (χ3n) is 2.81. The second-order valence-electron chi connectivity index (χ2n) is 3.79. The van der Waals surface area contributed by atoms with Crippen LogP contribution in [0.15, 0.2) is 24.5 Å². The topological polar surface area (TPSA) is 60.9 Å². The van der Waals surface area contributed by atoms with E-state index in [1.165, 1.54) is 0 Å². The standard InChI is InChI=1S/C12H12ClN3O/c1-7-9(12(14)17)10(13)11(16(7)2)8-4-3-5-15-6-8/h3-6H,1-2H3,(H2,14,17). The molecule has 0 bridgehead atoms. The molecular weight excluding hydrogens is 238 g/mol. The van der Waals surface area contributed by atoms with Crippen molar-refractivity contribution in [2.45, 2.75) is 6.92 Å². The Morgan fingerprint density at radius 3 is 2.71 bits per heavy atom. The van der Waals surface area contributed by atoms with Gasteiger partial charge in [-0.15, -0.1) is 0 Å². The van der Waals surface area contributed by atoms with Gasteiger partial charge in [0, 0.05) is 30.7 Å². The van der Waals surface area contributed by atoms with Gasteiger partial charge in [0.25, 0.3) is 5.91 Å². The van der Waals surface area contributed by atoms with Crippen molar-refractivity contribution in [1.82, 2.24) is 9.55 Å². The van der Waals surface area contributed by atoms with E-state index in [0.29, 0.717) is 10.6 Å². The first-order valence-corrected chi connectivity index (χ1v) is 5.46. The maximum absolute atomic E-state index is 11.3. The Morgan fingerprint density at radius 1 is 1.53 bits per heavy atom. The molecule has 0 aliphatic carbocycles. The minimum absolute atomic E-state index is 0.369. The molecule has 0 saturated heterocycles. The largest absolute Gasteiger partial charge is 0.365 e. The molecule has 2 N–H and O–H groups in total. The number of primary amides is 1. The summed E-state index contributed by atoms with van der Waals surface area (Å²) in [6.45, 7) is 1.81. The quantitative estimate of drug-likeness (QED) is 0.887. The second kappa shape index (κ2) is 4.22. The van der Waals surface area contributed by atoms with Gasteiger partial charge in [-0.2, -0.15) is 0 Å². The first kappa shape index (κ1) is 11.7. The molecular formula is C12H12ClN3O. The fourth-order valence-electron chi connectivity index (χ4n) is 1.87. The van der Waals surface area contributed by atoms with E-state index in [0.717, 1.165) is 17.0 Å². The Labute approximate surface area is 104 Å². The number of nitrogens with two attached hydrogens (primary N) is 1. The number of aromatic nitrogens is 2. The van der Waals surface area contributed by atoms with E-state index < -0.39 is 5.91 Å². The van der Waals surface area contributed by atoms with Gasteiger partial charge in [0.1, 0.15) is 0 Å². The van der Waals surface area contributed by atoms with E-state index in [9.17, 15) is 4.79 Å². The summed E-state index contributed by atoms with van der Waals surface area (Å²) < 4.78 is 1.85. The summed E-state index contributed by atoms with van der Waals surface area (Å²) in [4.78, 5) is 15.4. The van der Waals surface area contributed by atoms with Crippen molar-refractivity contribution in [3.8, 4) is 11.3 Å². The molecule has 4 nitrogen and oxygen atoms in total. The van der Waals surface area contributed by atoms with Crippen LogP contribution in [0.1, 0.15) is 16.1 Å². The smallest absolute Gasteiger partial charge is 0.252 e. The van der Waals surface area contributed by atoms with Gasteiger partial charge >= 0.3 is 0 Å². The number of carbonyl (C=O) groups is 1. The predicted octanol–water partition coefficient (Wildman–Crippen LogP) is 2.15. The molecule has 88 valence electrons. The number of halogens is 1. The first-order valence-electron chi connectivity index (χ1n) is 5.09. The van der Waals surface area contributed by atoms with Crippen molar-refractivity contribution >= 4 is 17.5 Å². The Morgan fingerprint density at radius 2 is 2.24 bits per heavy atom. The molecule has 0 aliphatic rings. The van der Waals surface area contributed by atoms with E-state index in [1.807, 2.05) is 30.7 Å². The number of pyridine rings is 1. The van der Waals surface area contributed by atoms with Gasteiger partial charge in [0.2, 0.25) is 0 Å². The van der Waals surface area contributed by atoms with Crippen molar-refractivity contribution in [3.05, 3.63) is 40.8 Å². The minimum Gasteiger partial charge on any atom is -0.365 e. The van der Waals surface area contributed by atoms with Crippen LogP contribution < -0.4 is 5.73 Å². The van der Waals surface area contributed by atoms with Crippen LogP contribution in [0.25, 0.3) is 11.3 Å². The molecule has 2 aromatic rings. The zero-order valence-corrected chi connectivity index (χ0v) is 10.3. The highest BCUT2D eigenvalue weighted by Crippen LogP contribution is 2.34. The molecule has 0 atom stereocenters.